The second-order valence-corrected chi connectivity index (χ2v) is 9.67. The lowest BCUT2D eigenvalue weighted by molar-refractivity contribution is -0.140. The smallest absolute Gasteiger partial charge is 0.309 e. The van der Waals surface area contributed by atoms with Gasteiger partial charge < -0.3 is 10.6 Å². The number of carbonyl (C=O) groups excluding carboxylic acids is 2. The summed E-state index contributed by atoms with van der Waals surface area (Å²) < 4.78 is 0. The van der Waals surface area contributed by atoms with Crippen molar-refractivity contribution in [3.05, 3.63) is 94.2 Å². The summed E-state index contributed by atoms with van der Waals surface area (Å²) in [5, 5.41) is 7.74. The summed E-state index contributed by atoms with van der Waals surface area (Å²) in [6, 6.07) is 24.1. The van der Waals surface area contributed by atoms with Gasteiger partial charge in [0.1, 0.15) is 0 Å². The lowest BCUT2D eigenvalue weighted by Gasteiger charge is -2.41. The molecule has 7 heteroatoms. The van der Waals surface area contributed by atoms with Crippen LogP contribution in [0.5, 0.6) is 0 Å². The van der Waals surface area contributed by atoms with Gasteiger partial charge in [-0.2, -0.15) is 0 Å². The highest BCUT2D eigenvalue weighted by Crippen LogP contribution is 2.29. The Morgan fingerprint density at radius 1 is 0.853 bits per heavy atom. The van der Waals surface area contributed by atoms with Gasteiger partial charge in [-0.1, -0.05) is 66.7 Å². The quantitative estimate of drug-likeness (QED) is 0.489. The van der Waals surface area contributed by atoms with Crippen molar-refractivity contribution in [3.63, 3.8) is 0 Å². The van der Waals surface area contributed by atoms with Gasteiger partial charge in [-0.3, -0.25) is 19.4 Å². The van der Waals surface area contributed by atoms with E-state index in [-0.39, 0.29) is 12.1 Å². The minimum atomic E-state index is -0.603. The summed E-state index contributed by atoms with van der Waals surface area (Å²) in [5.74, 6) is -1.19. The average molecular weight is 477 g/mol. The Morgan fingerprint density at radius 3 is 2.12 bits per heavy atom. The molecule has 2 heterocycles. The van der Waals surface area contributed by atoms with Crippen LogP contribution in [0.4, 0.5) is 0 Å². The number of amides is 2. The molecule has 0 spiro atoms. The largest absolute Gasteiger partial charge is 0.344 e. The highest BCUT2D eigenvalue weighted by Gasteiger charge is 2.31. The third-order valence-corrected chi connectivity index (χ3v) is 7.16. The molecule has 2 atom stereocenters. The third kappa shape index (κ3) is 6.53. The van der Waals surface area contributed by atoms with E-state index in [0.717, 1.165) is 38.3 Å². The summed E-state index contributed by atoms with van der Waals surface area (Å²) in [5.41, 5.74) is 2.29. The first-order valence-corrected chi connectivity index (χ1v) is 12.6. The van der Waals surface area contributed by atoms with E-state index < -0.39 is 11.8 Å². The lowest BCUT2D eigenvalue weighted by atomic mass is 10.0. The first-order chi connectivity index (χ1) is 16.6. The monoisotopic (exact) mass is 476 g/mol. The maximum Gasteiger partial charge on any atom is 0.309 e. The van der Waals surface area contributed by atoms with E-state index >= 15 is 0 Å². The van der Waals surface area contributed by atoms with Crippen molar-refractivity contribution in [1.29, 1.82) is 0 Å². The summed E-state index contributed by atoms with van der Waals surface area (Å²) in [4.78, 5) is 31.2. The molecule has 0 saturated carbocycles. The zero-order chi connectivity index (χ0) is 23.8. The lowest BCUT2D eigenvalue weighted by Crippen LogP contribution is -2.53. The van der Waals surface area contributed by atoms with E-state index in [1.807, 2.05) is 49.4 Å². The van der Waals surface area contributed by atoms with E-state index in [1.54, 1.807) is 11.3 Å². The molecule has 0 bridgehead atoms. The fourth-order valence-electron chi connectivity index (χ4n) is 4.45. The van der Waals surface area contributed by atoms with Crippen LogP contribution in [-0.2, 0) is 22.7 Å². The van der Waals surface area contributed by atoms with E-state index in [0.29, 0.717) is 6.54 Å². The molecule has 2 N–H and O–H groups in total. The number of hydrogen-bond acceptors (Lipinski definition) is 5. The molecule has 2 aromatic carbocycles. The SMILES string of the molecule is C[C@H](NC(=O)C(=O)NCc1ccccc1)[C@@H](c1cccs1)N1CCN(Cc2ccccc2)CC1. The van der Waals surface area contributed by atoms with Crippen LogP contribution in [0.15, 0.2) is 78.2 Å². The van der Waals surface area contributed by atoms with Crippen LogP contribution in [0.3, 0.4) is 0 Å². The van der Waals surface area contributed by atoms with Crippen LogP contribution >= 0.6 is 11.3 Å². The fraction of sp³-hybridized carbons (Fsp3) is 0.333. The highest BCUT2D eigenvalue weighted by atomic mass is 32.1. The Labute approximate surface area is 205 Å². The number of carbonyl (C=O) groups is 2. The maximum absolute atomic E-state index is 12.6. The second kappa shape index (κ2) is 11.9. The normalized spacial score (nSPS) is 16.5. The van der Waals surface area contributed by atoms with Gasteiger partial charge in [-0.05, 0) is 29.5 Å². The van der Waals surface area contributed by atoms with Crippen LogP contribution in [0.2, 0.25) is 0 Å². The Morgan fingerprint density at radius 2 is 1.50 bits per heavy atom. The van der Waals surface area contributed by atoms with Crippen molar-refractivity contribution in [2.75, 3.05) is 26.2 Å². The number of rotatable bonds is 8. The fourth-order valence-corrected chi connectivity index (χ4v) is 5.42. The number of hydrogen-bond donors (Lipinski definition) is 2. The van der Waals surface area contributed by atoms with Gasteiger partial charge in [0.15, 0.2) is 0 Å². The van der Waals surface area contributed by atoms with E-state index in [4.69, 9.17) is 0 Å². The standard InChI is InChI=1S/C27H32N4O2S/c1-21(29-27(33)26(32)28-19-22-9-4-2-5-10-22)25(24-13-8-18-34-24)31-16-14-30(15-17-31)20-23-11-6-3-7-12-23/h2-13,18,21,25H,14-17,19-20H2,1H3,(H,28,32)(H,29,33)/t21-,25-/m0/s1. The average Bonchev–Trinajstić information content (AvgIpc) is 3.39. The Kier molecular flexibility index (Phi) is 8.46. The van der Waals surface area contributed by atoms with Crippen LogP contribution in [0.1, 0.15) is 29.0 Å². The molecule has 34 heavy (non-hydrogen) atoms. The van der Waals surface area contributed by atoms with Crippen molar-refractivity contribution in [1.82, 2.24) is 20.4 Å². The predicted molar refractivity (Wildman–Crippen MR) is 136 cm³/mol. The van der Waals surface area contributed by atoms with Crippen molar-refractivity contribution < 1.29 is 9.59 Å². The number of piperazine rings is 1. The molecule has 0 aliphatic carbocycles. The molecule has 1 aromatic heterocycles. The van der Waals surface area contributed by atoms with Crippen LogP contribution in [0, 0.1) is 0 Å². The number of benzene rings is 2. The molecule has 3 aromatic rings. The zero-order valence-electron chi connectivity index (χ0n) is 19.5. The molecule has 6 nitrogen and oxygen atoms in total. The Bertz CT molecular complexity index is 1040. The Balaban J connectivity index is 1.34. The predicted octanol–water partition coefficient (Wildman–Crippen LogP) is 3.43. The molecule has 1 aliphatic rings. The van der Waals surface area contributed by atoms with E-state index in [9.17, 15) is 9.59 Å². The van der Waals surface area contributed by atoms with Crippen molar-refractivity contribution >= 4 is 23.2 Å². The summed E-state index contributed by atoms with van der Waals surface area (Å²) in [6.07, 6.45) is 0. The molecule has 1 fully saturated rings. The third-order valence-electron chi connectivity index (χ3n) is 6.22. The first-order valence-electron chi connectivity index (χ1n) is 11.8. The summed E-state index contributed by atoms with van der Waals surface area (Å²) >= 11 is 1.69. The van der Waals surface area contributed by atoms with Gasteiger partial charge in [0.05, 0.1) is 6.04 Å². The van der Waals surface area contributed by atoms with Crippen LogP contribution in [-0.4, -0.2) is 53.8 Å². The highest BCUT2D eigenvalue weighted by molar-refractivity contribution is 7.10. The minimum Gasteiger partial charge on any atom is -0.344 e. The van der Waals surface area contributed by atoms with Crippen LogP contribution in [0.25, 0.3) is 0 Å². The van der Waals surface area contributed by atoms with Crippen molar-refractivity contribution in [2.24, 2.45) is 0 Å². The molecule has 0 radical (unpaired) electrons. The van der Waals surface area contributed by atoms with Crippen molar-refractivity contribution in [3.8, 4) is 0 Å². The maximum atomic E-state index is 12.6. The Hall–Kier alpha value is -3.00. The van der Waals surface area contributed by atoms with Crippen LogP contribution < -0.4 is 10.6 Å². The molecular weight excluding hydrogens is 444 g/mol. The minimum absolute atomic E-state index is 0.0322. The number of nitrogens with zero attached hydrogens (tertiary/aromatic N) is 2. The van der Waals surface area contributed by atoms with Gasteiger partial charge in [0.25, 0.3) is 0 Å². The zero-order valence-corrected chi connectivity index (χ0v) is 20.3. The molecule has 178 valence electrons. The summed E-state index contributed by atoms with van der Waals surface area (Å²) in [6.45, 7) is 7.03. The molecule has 4 rings (SSSR count). The summed E-state index contributed by atoms with van der Waals surface area (Å²) in [7, 11) is 0. The van der Waals surface area contributed by atoms with Gasteiger partial charge in [-0.15, -0.1) is 11.3 Å². The second-order valence-electron chi connectivity index (χ2n) is 8.69. The molecule has 0 unspecified atom stereocenters. The number of nitrogens with one attached hydrogen (secondary N) is 2. The van der Waals surface area contributed by atoms with E-state index in [2.05, 4.69) is 56.1 Å². The van der Waals surface area contributed by atoms with Gasteiger partial charge in [0.2, 0.25) is 0 Å². The van der Waals surface area contributed by atoms with Gasteiger partial charge in [0, 0.05) is 50.2 Å². The molecule has 2 amide bonds. The molecular formula is C27H32N4O2S. The first kappa shape index (κ1) is 24.1. The van der Waals surface area contributed by atoms with Crippen molar-refractivity contribution in [2.45, 2.75) is 32.1 Å². The topological polar surface area (TPSA) is 64.7 Å². The van der Waals surface area contributed by atoms with E-state index in [1.165, 1.54) is 10.4 Å². The van der Waals surface area contributed by atoms with Gasteiger partial charge in [-0.25, -0.2) is 0 Å². The van der Waals surface area contributed by atoms with Gasteiger partial charge >= 0.3 is 11.8 Å². The molecule has 1 aliphatic heterocycles. The molecule has 1 saturated heterocycles. The number of thiophene rings is 1.